The maximum Gasteiger partial charge on any atom is 0.306 e. The largest absolute Gasteiger partial charge is 0.462 e. The molecule has 0 saturated carbocycles. The summed E-state index contributed by atoms with van der Waals surface area (Å²) in [6.07, 6.45) is 97.5. The van der Waals surface area contributed by atoms with Crippen molar-refractivity contribution in [3.05, 3.63) is 134 Å². The number of hydrogen-bond acceptors (Lipinski definition) is 6. The average molecular weight is 1140 g/mol. The van der Waals surface area contributed by atoms with Gasteiger partial charge in [-0.25, -0.2) is 0 Å². The van der Waals surface area contributed by atoms with E-state index in [-0.39, 0.29) is 31.1 Å². The highest BCUT2D eigenvalue weighted by atomic mass is 16.6. The van der Waals surface area contributed by atoms with Gasteiger partial charge in [0.05, 0.1) is 0 Å². The van der Waals surface area contributed by atoms with Crippen molar-refractivity contribution in [1.29, 1.82) is 0 Å². The average Bonchev–Trinajstić information content (AvgIpc) is 3.47. The van der Waals surface area contributed by atoms with Crippen LogP contribution in [0.2, 0.25) is 0 Å². The minimum absolute atomic E-state index is 0.0890. The molecule has 0 aliphatic heterocycles. The molecule has 0 amide bonds. The Kier molecular flexibility index (Phi) is 65.3. The molecule has 0 fully saturated rings. The minimum Gasteiger partial charge on any atom is -0.462 e. The Morgan fingerprint density at radius 2 is 0.476 bits per heavy atom. The van der Waals surface area contributed by atoms with E-state index in [4.69, 9.17) is 14.2 Å². The lowest BCUT2D eigenvalue weighted by Crippen LogP contribution is -2.30. The SMILES string of the molecule is CC/C=C\C/C=C\C/C=C\C/C=C\C/C=C\C/C=C\C/C=C\C/C=C\C/C=C\C/C=C\CCCCCCC(=O)OCC(COC(=O)CCCCCCCCCCCCCCC)OC(=O)CCCCCCC/C=C\CCCCCCCCC. The second-order valence-electron chi connectivity index (χ2n) is 22.4. The van der Waals surface area contributed by atoms with Gasteiger partial charge in [0.2, 0.25) is 0 Å². The van der Waals surface area contributed by atoms with E-state index in [0.717, 1.165) is 148 Å². The number of unbranched alkanes of at least 4 members (excludes halogenated alkanes) is 28. The van der Waals surface area contributed by atoms with Crippen LogP contribution in [-0.4, -0.2) is 37.2 Å². The van der Waals surface area contributed by atoms with Gasteiger partial charge in [-0.1, -0.05) is 302 Å². The van der Waals surface area contributed by atoms with E-state index in [1.54, 1.807) is 0 Å². The Bertz CT molecular complexity index is 1730. The Morgan fingerprint density at radius 1 is 0.256 bits per heavy atom. The first-order valence-corrected chi connectivity index (χ1v) is 34.2. The van der Waals surface area contributed by atoms with Crippen molar-refractivity contribution in [2.24, 2.45) is 0 Å². The molecule has 6 nitrogen and oxygen atoms in total. The number of ether oxygens (including phenoxy) is 3. The lowest BCUT2D eigenvalue weighted by Gasteiger charge is -2.18. The molecule has 0 aromatic rings. The van der Waals surface area contributed by atoms with Gasteiger partial charge < -0.3 is 14.2 Å². The Labute approximate surface area is 506 Å². The highest BCUT2D eigenvalue weighted by Crippen LogP contribution is 2.16. The molecule has 0 bridgehead atoms. The van der Waals surface area contributed by atoms with Crippen LogP contribution in [0.4, 0.5) is 0 Å². The smallest absolute Gasteiger partial charge is 0.306 e. The predicted molar refractivity (Wildman–Crippen MR) is 357 cm³/mol. The molecule has 0 saturated heterocycles. The summed E-state index contributed by atoms with van der Waals surface area (Å²) in [6, 6.07) is 0. The number of allylic oxidation sites excluding steroid dienone is 22. The van der Waals surface area contributed by atoms with Crippen LogP contribution in [-0.2, 0) is 28.6 Å². The zero-order chi connectivity index (χ0) is 59.2. The monoisotopic (exact) mass is 1130 g/mol. The van der Waals surface area contributed by atoms with E-state index in [1.807, 2.05) is 0 Å². The second-order valence-corrected chi connectivity index (χ2v) is 22.4. The fourth-order valence-electron chi connectivity index (χ4n) is 9.29. The molecule has 0 rings (SSSR count). The van der Waals surface area contributed by atoms with Gasteiger partial charge in [0, 0.05) is 19.3 Å². The van der Waals surface area contributed by atoms with E-state index in [1.165, 1.54) is 122 Å². The summed E-state index contributed by atoms with van der Waals surface area (Å²) >= 11 is 0. The van der Waals surface area contributed by atoms with Crippen LogP contribution in [0, 0.1) is 0 Å². The molecular formula is C76H126O6. The third kappa shape index (κ3) is 66.4. The molecule has 0 aliphatic carbocycles. The van der Waals surface area contributed by atoms with Crippen LogP contribution in [0.25, 0.3) is 0 Å². The summed E-state index contributed by atoms with van der Waals surface area (Å²) in [5, 5.41) is 0. The van der Waals surface area contributed by atoms with Gasteiger partial charge in [0.1, 0.15) is 13.2 Å². The van der Waals surface area contributed by atoms with Crippen LogP contribution >= 0.6 is 0 Å². The first kappa shape index (κ1) is 77.5. The van der Waals surface area contributed by atoms with Crippen molar-refractivity contribution in [3.63, 3.8) is 0 Å². The number of carbonyl (C=O) groups is 3. The van der Waals surface area contributed by atoms with E-state index in [2.05, 4.69) is 154 Å². The first-order valence-electron chi connectivity index (χ1n) is 34.2. The number of hydrogen-bond donors (Lipinski definition) is 0. The molecule has 466 valence electrons. The molecule has 0 radical (unpaired) electrons. The normalized spacial score (nSPS) is 13.0. The summed E-state index contributed by atoms with van der Waals surface area (Å²) in [6.45, 7) is 6.51. The highest BCUT2D eigenvalue weighted by molar-refractivity contribution is 5.71. The van der Waals surface area contributed by atoms with E-state index in [0.29, 0.717) is 19.3 Å². The molecule has 1 atom stereocenters. The Hall–Kier alpha value is -4.45. The maximum atomic E-state index is 12.9. The van der Waals surface area contributed by atoms with Crippen molar-refractivity contribution >= 4 is 17.9 Å². The highest BCUT2D eigenvalue weighted by Gasteiger charge is 2.19. The topological polar surface area (TPSA) is 78.9 Å². The molecular weight excluding hydrogens is 1010 g/mol. The number of esters is 3. The van der Waals surface area contributed by atoms with Crippen molar-refractivity contribution < 1.29 is 28.6 Å². The van der Waals surface area contributed by atoms with Crippen LogP contribution < -0.4 is 0 Å². The standard InChI is InChI=1S/C76H126O6/c1-4-7-10-13-16-19-22-25-27-29-30-31-32-33-34-35-36-37-38-39-40-41-42-43-44-45-46-47-49-51-54-57-60-63-66-69-75(78)81-72-73(71-80-74(77)68-65-62-59-56-53-50-24-21-18-15-12-9-6-3)82-76(79)70-67-64-61-58-55-52-48-28-26-23-20-17-14-11-8-5-2/h7,10,16,19,25,27-28,30-31,33-34,36-37,39-40,42-43,45-46,48-49,51,73H,4-6,8-9,11-15,17-18,20-24,26,29,32,35,38,41,44,47,50,52-72H2,1-3H3/b10-7-,19-16-,27-25-,31-30-,34-33-,37-36-,40-39-,43-42-,46-45-,48-28-,51-49-. The van der Waals surface area contributed by atoms with Gasteiger partial charge >= 0.3 is 17.9 Å². The summed E-state index contributed by atoms with van der Waals surface area (Å²) in [7, 11) is 0. The molecule has 6 heteroatoms. The van der Waals surface area contributed by atoms with E-state index < -0.39 is 6.10 Å². The van der Waals surface area contributed by atoms with E-state index in [9.17, 15) is 14.4 Å². The van der Waals surface area contributed by atoms with Gasteiger partial charge in [-0.15, -0.1) is 0 Å². The summed E-state index contributed by atoms with van der Waals surface area (Å²) < 4.78 is 16.9. The lowest BCUT2D eigenvalue weighted by atomic mass is 10.0. The minimum atomic E-state index is -0.795. The lowest BCUT2D eigenvalue weighted by molar-refractivity contribution is -0.167. The molecule has 0 aliphatic rings. The Balaban J connectivity index is 4.32. The van der Waals surface area contributed by atoms with Crippen molar-refractivity contribution in [2.45, 2.75) is 316 Å². The maximum absolute atomic E-state index is 12.9. The summed E-state index contributed by atoms with van der Waals surface area (Å²) in [4.78, 5) is 38.3. The van der Waals surface area contributed by atoms with Crippen LogP contribution in [0.3, 0.4) is 0 Å². The van der Waals surface area contributed by atoms with Gasteiger partial charge in [0.25, 0.3) is 0 Å². The fourth-order valence-corrected chi connectivity index (χ4v) is 9.29. The zero-order valence-electron chi connectivity index (χ0n) is 53.5. The van der Waals surface area contributed by atoms with Gasteiger partial charge in [-0.3, -0.25) is 14.4 Å². The summed E-state index contributed by atoms with van der Waals surface area (Å²) in [5.74, 6) is -0.917. The Morgan fingerprint density at radius 3 is 0.756 bits per heavy atom. The van der Waals surface area contributed by atoms with Gasteiger partial charge in [-0.05, 0) is 122 Å². The molecule has 82 heavy (non-hydrogen) atoms. The van der Waals surface area contributed by atoms with Crippen LogP contribution in [0.15, 0.2) is 134 Å². The number of carbonyl (C=O) groups excluding carboxylic acids is 3. The second kappa shape index (κ2) is 69.0. The molecule has 1 unspecified atom stereocenters. The molecule has 0 aromatic heterocycles. The quantitative estimate of drug-likeness (QED) is 0.0261. The van der Waals surface area contributed by atoms with Crippen molar-refractivity contribution in [1.82, 2.24) is 0 Å². The van der Waals surface area contributed by atoms with Gasteiger partial charge in [-0.2, -0.15) is 0 Å². The van der Waals surface area contributed by atoms with Crippen LogP contribution in [0.5, 0.6) is 0 Å². The molecule has 0 heterocycles. The first-order chi connectivity index (χ1) is 40.5. The molecule has 0 aromatic carbocycles. The molecule has 0 spiro atoms. The zero-order valence-corrected chi connectivity index (χ0v) is 53.5. The number of rotatable bonds is 61. The molecule has 0 N–H and O–H groups in total. The van der Waals surface area contributed by atoms with E-state index >= 15 is 0 Å². The fraction of sp³-hybridized carbons (Fsp3) is 0.671. The van der Waals surface area contributed by atoms with Crippen molar-refractivity contribution in [3.8, 4) is 0 Å². The summed E-state index contributed by atoms with van der Waals surface area (Å²) in [5.41, 5.74) is 0. The third-order valence-corrected chi connectivity index (χ3v) is 14.4. The van der Waals surface area contributed by atoms with Crippen LogP contribution in [0.1, 0.15) is 310 Å². The predicted octanol–water partition coefficient (Wildman–Crippen LogP) is 23.7. The van der Waals surface area contributed by atoms with Gasteiger partial charge in [0.15, 0.2) is 6.10 Å². The van der Waals surface area contributed by atoms with Crippen molar-refractivity contribution in [2.75, 3.05) is 13.2 Å². The third-order valence-electron chi connectivity index (χ3n) is 14.4.